The van der Waals surface area contributed by atoms with E-state index in [0.29, 0.717) is 22.7 Å². The van der Waals surface area contributed by atoms with Gasteiger partial charge in [-0.05, 0) is 43.7 Å². The molecule has 0 aliphatic heterocycles. The van der Waals surface area contributed by atoms with E-state index in [1.54, 1.807) is 0 Å². The quantitative estimate of drug-likeness (QED) is 0.743. The maximum Gasteiger partial charge on any atom is 0.335 e. The summed E-state index contributed by atoms with van der Waals surface area (Å²) in [5.74, 6) is -0.0568. The van der Waals surface area contributed by atoms with Crippen LogP contribution in [-0.2, 0) is 0 Å². The predicted octanol–water partition coefficient (Wildman–Crippen LogP) is 3.47. The van der Waals surface area contributed by atoms with Crippen molar-refractivity contribution >= 4 is 16.9 Å². The summed E-state index contributed by atoms with van der Waals surface area (Å²) < 4.78 is 5.91. The van der Waals surface area contributed by atoms with Gasteiger partial charge < -0.3 is 14.8 Å². The molecule has 3 aromatic rings. The number of H-pyrrole nitrogens is 1. The van der Waals surface area contributed by atoms with Gasteiger partial charge in [-0.2, -0.15) is 0 Å². The van der Waals surface area contributed by atoms with E-state index >= 15 is 0 Å². The van der Waals surface area contributed by atoms with Crippen molar-refractivity contribution in [1.29, 1.82) is 0 Å². The lowest BCUT2D eigenvalue weighted by Crippen LogP contribution is -2.13. The standard InChI is InChI=1S/C19H18N2O4/c1-3-11(2)25-16-7-5-4-6-13(16)17-20-15-9-8-12(19(23)24)10-14(15)18(22)21-17/h4-11H,3H2,1-2H3,(H,23,24)(H,20,21,22). The summed E-state index contributed by atoms with van der Waals surface area (Å²) in [4.78, 5) is 30.7. The number of ether oxygens (including phenoxy) is 1. The number of nitrogens with one attached hydrogen (secondary N) is 1. The Bertz CT molecular complexity index is 994. The van der Waals surface area contributed by atoms with Gasteiger partial charge in [0.15, 0.2) is 0 Å². The monoisotopic (exact) mass is 338 g/mol. The molecule has 2 N–H and O–H groups in total. The van der Waals surface area contributed by atoms with E-state index in [9.17, 15) is 9.59 Å². The zero-order chi connectivity index (χ0) is 18.0. The van der Waals surface area contributed by atoms with Crippen LogP contribution in [0.4, 0.5) is 0 Å². The van der Waals surface area contributed by atoms with Crippen molar-refractivity contribution in [3.05, 3.63) is 58.4 Å². The number of fused-ring (bicyclic) bond motifs is 1. The van der Waals surface area contributed by atoms with Gasteiger partial charge in [0.05, 0.1) is 28.1 Å². The van der Waals surface area contributed by atoms with Crippen LogP contribution in [0.25, 0.3) is 22.3 Å². The van der Waals surface area contributed by atoms with E-state index in [4.69, 9.17) is 9.84 Å². The van der Waals surface area contributed by atoms with Crippen LogP contribution in [0.3, 0.4) is 0 Å². The van der Waals surface area contributed by atoms with Gasteiger partial charge in [0, 0.05) is 0 Å². The lowest BCUT2D eigenvalue weighted by Gasteiger charge is -2.15. The number of carboxylic acids is 1. The smallest absolute Gasteiger partial charge is 0.335 e. The minimum absolute atomic E-state index is 0.0338. The van der Waals surface area contributed by atoms with Crippen LogP contribution in [-0.4, -0.2) is 27.1 Å². The van der Waals surface area contributed by atoms with Gasteiger partial charge in [0.2, 0.25) is 0 Å². The van der Waals surface area contributed by atoms with E-state index in [2.05, 4.69) is 9.97 Å². The third-order valence-electron chi connectivity index (χ3n) is 4.00. The van der Waals surface area contributed by atoms with Crippen LogP contribution < -0.4 is 10.3 Å². The van der Waals surface area contributed by atoms with Gasteiger partial charge in [0.25, 0.3) is 5.56 Å². The van der Waals surface area contributed by atoms with Crippen molar-refractivity contribution in [2.45, 2.75) is 26.4 Å². The maximum atomic E-state index is 12.4. The molecule has 0 bridgehead atoms. The van der Waals surface area contributed by atoms with Crippen molar-refractivity contribution in [3.63, 3.8) is 0 Å². The fourth-order valence-electron chi connectivity index (χ4n) is 2.46. The third kappa shape index (κ3) is 3.38. The zero-order valence-corrected chi connectivity index (χ0v) is 13.9. The molecule has 6 heteroatoms. The van der Waals surface area contributed by atoms with Crippen LogP contribution in [0.5, 0.6) is 5.75 Å². The number of hydrogen-bond acceptors (Lipinski definition) is 4. The number of hydrogen-bond donors (Lipinski definition) is 2. The first-order chi connectivity index (χ1) is 12.0. The normalized spacial score (nSPS) is 12.1. The van der Waals surface area contributed by atoms with Crippen LogP contribution in [0.1, 0.15) is 30.6 Å². The van der Waals surface area contributed by atoms with Gasteiger partial charge in [-0.25, -0.2) is 9.78 Å². The molecule has 128 valence electrons. The number of rotatable bonds is 5. The molecule has 0 aliphatic rings. The number of para-hydroxylation sites is 1. The first kappa shape index (κ1) is 16.7. The highest BCUT2D eigenvalue weighted by Crippen LogP contribution is 2.28. The van der Waals surface area contributed by atoms with Crippen LogP contribution in [0.15, 0.2) is 47.3 Å². The van der Waals surface area contributed by atoms with Crippen molar-refractivity contribution in [3.8, 4) is 17.1 Å². The molecule has 0 fully saturated rings. The lowest BCUT2D eigenvalue weighted by molar-refractivity contribution is 0.0697. The van der Waals surface area contributed by atoms with Crippen LogP contribution in [0.2, 0.25) is 0 Å². The highest BCUT2D eigenvalue weighted by Gasteiger charge is 2.13. The molecule has 0 amide bonds. The molecular weight excluding hydrogens is 320 g/mol. The molecule has 2 aromatic carbocycles. The summed E-state index contributed by atoms with van der Waals surface area (Å²) in [6, 6.07) is 11.7. The van der Waals surface area contributed by atoms with Crippen molar-refractivity contribution < 1.29 is 14.6 Å². The van der Waals surface area contributed by atoms with Crippen LogP contribution in [0, 0.1) is 0 Å². The van der Waals surface area contributed by atoms with Gasteiger partial charge in [0.1, 0.15) is 11.6 Å². The van der Waals surface area contributed by atoms with E-state index in [1.165, 1.54) is 18.2 Å². The van der Waals surface area contributed by atoms with E-state index < -0.39 is 5.97 Å². The average Bonchev–Trinajstić information content (AvgIpc) is 2.61. The SMILES string of the molecule is CCC(C)Oc1ccccc1-c1nc2ccc(C(=O)O)cc2c(=O)[nH]1. The fraction of sp³-hybridized carbons (Fsp3) is 0.211. The number of aromatic nitrogens is 2. The Hall–Kier alpha value is -3.15. The Balaban J connectivity index is 2.13. The Morgan fingerprint density at radius 1 is 1.28 bits per heavy atom. The molecule has 1 aromatic heterocycles. The topological polar surface area (TPSA) is 92.3 Å². The maximum absolute atomic E-state index is 12.4. The van der Waals surface area contributed by atoms with E-state index in [-0.39, 0.29) is 22.6 Å². The second kappa shape index (κ2) is 6.76. The largest absolute Gasteiger partial charge is 0.490 e. The number of aromatic carboxylic acids is 1. The second-order valence-electron chi connectivity index (χ2n) is 5.78. The number of carbonyl (C=O) groups is 1. The molecule has 0 radical (unpaired) electrons. The third-order valence-corrected chi connectivity index (χ3v) is 4.00. The van der Waals surface area contributed by atoms with Crippen molar-refractivity contribution in [2.75, 3.05) is 0 Å². The Morgan fingerprint density at radius 2 is 2.04 bits per heavy atom. The Labute approximate surface area is 144 Å². The van der Waals surface area contributed by atoms with Gasteiger partial charge in [-0.3, -0.25) is 4.79 Å². The molecule has 0 saturated heterocycles. The van der Waals surface area contributed by atoms with Gasteiger partial charge in [-0.15, -0.1) is 0 Å². The Morgan fingerprint density at radius 3 is 2.76 bits per heavy atom. The van der Waals surface area contributed by atoms with Crippen molar-refractivity contribution in [2.24, 2.45) is 0 Å². The molecule has 25 heavy (non-hydrogen) atoms. The Kier molecular flexibility index (Phi) is 4.52. The summed E-state index contributed by atoms with van der Waals surface area (Å²) in [7, 11) is 0. The average molecular weight is 338 g/mol. The van der Waals surface area contributed by atoms with Gasteiger partial charge in [-0.1, -0.05) is 19.1 Å². The molecule has 6 nitrogen and oxygen atoms in total. The molecule has 1 unspecified atom stereocenters. The van der Waals surface area contributed by atoms with Crippen LogP contribution >= 0.6 is 0 Å². The summed E-state index contributed by atoms with van der Waals surface area (Å²) in [5, 5.41) is 9.30. The number of carboxylic acid groups (broad SMARTS) is 1. The lowest BCUT2D eigenvalue weighted by atomic mass is 10.1. The highest BCUT2D eigenvalue weighted by molar-refractivity contribution is 5.93. The molecule has 3 rings (SSSR count). The fourth-order valence-corrected chi connectivity index (χ4v) is 2.46. The van der Waals surface area contributed by atoms with Crippen molar-refractivity contribution in [1.82, 2.24) is 9.97 Å². The predicted molar refractivity (Wildman–Crippen MR) is 95.1 cm³/mol. The summed E-state index contributed by atoms with van der Waals surface area (Å²) in [6.45, 7) is 4.00. The molecule has 1 atom stereocenters. The summed E-state index contributed by atoms with van der Waals surface area (Å²) >= 11 is 0. The zero-order valence-electron chi connectivity index (χ0n) is 13.9. The van der Waals surface area contributed by atoms with E-state index in [1.807, 2.05) is 38.1 Å². The number of aromatic amines is 1. The molecule has 0 saturated carbocycles. The van der Waals surface area contributed by atoms with Gasteiger partial charge >= 0.3 is 5.97 Å². The number of benzene rings is 2. The minimum Gasteiger partial charge on any atom is -0.490 e. The first-order valence-electron chi connectivity index (χ1n) is 8.03. The molecule has 0 spiro atoms. The summed E-state index contributed by atoms with van der Waals surface area (Å²) in [6.07, 6.45) is 0.889. The second-order valence-corrected chi connectivity index (χ2v) is 5.78. The first-order valence-corrected chi connectivity index (χ1v) is 8.03. The molecule has 1 heterocycles. The summed E-state index contributed by atoms with van der Waals surface area (Å²) in [5.41, 5.74) is 0.778. The minimum atomic E-state index is -1.09. The highest BCUT2D eigenvalue weighted by atomic mass is 16.5. The number of nitrogens with zero attached hydrogens (tertiary/aromatic N) is 1. The molecular formula is C19H18N2O4. The van der Waals surface area contributed by atoms with E-state index in [0.717, 1.165) is 6.42 Å². The molecule has 0 aliphatic carbocycles.